The van der Waals surface area contributed by atoms with Gasteiger partial charge in [0.1, 0.15) is 0 Å². The number of nitrogens with zero attached hydrogens (tertiary/aromatic N) is 4. The molecule has 0 aliphatic heterocycles. The molecule has 0 radical (unpaired) electrons. The van der Waals surface area contributed by atoms with Crippen LogP contribution in [0.5, 0.6) is 0 Å². The van der Waals surface area contributed by atoms with Gasteiger partial charge in [0.15, 0.2) is 5.69 Å². The maximum atomic E-state index is 12.7. The van der Waals surface area contributed by atoms with Crippen molar-refractivity contribution in [1.29, 1.82) is 0 Å². The first kappa shape index (κ1) is 13.2. The lowest BCUT2D eigenvalue weighted by atomic mass is 10.3. The fourth-order valence-electron chi connectivity index (χ4n) is 1.25. The Morgan fingerprint density at radius 3 is 2.41 bits per heavy atom. The third-order valence-corrected chi connectivity index (χ3v) is 1.88. The zero-order valence-corrected chi connectivity index (χ0v) is 9.03. The van der Waals surface area contributed by atoms with Crippen molar-refractivity contribution in [3.05, 3.63) is 30.4 Å². The largest absolute Gasteiger partial charge is 0.435 e. The Morgan fingerprint density at radius 2 is 1.88 bits per heavy atom. The van der Waals surface area contributed by atoms with E-state index in [1.54, 1.807) is 0 Å². The van der Waals surface area contributed by atoms with Gasteiger partial charge in [-0.2, -0.15) is 28.5 Å². The van der Waals surface area contributed by atoms with E-state index in [2.05, 4.69) is 15.3 Å². The molecule has 0 fully saturated rings. The molecule has 0 saturated carbocycles. The Bertz CT molecular complexity index is 496. The Labute approximate surface area is 99.9 Å². The Kier molecular flexibility index (Phi) is 3.56. The van der Waals surface area contributed by atoms with Gasteiger partial charge in [-0.15, -0.1) is 12.4 Å². The van der Waals surface area contributed by atoms with Crippen LogP contribution in [0.4, 0.5) is 18.9 Å². The number of halogens is 4. The van der Waals surface area contributed by atoms with Crippen LogP contribution in [0.3, 0.4) is 0 Å². The third kappa shape index (κ3) is 2.47. The molecule has 17 heavy (non-hydrogen) atoms. The molecule has 2 N–H and O–H groups in total. The summed E-state index contributed by atoms with van der Waals surface area (Å²) in [6.45, 7) is 0. The fraction of sp³-hybridized carbons (Fsp3) is 0.125. The first-order valence-corrected chi connectivity index (χ1v) is 4.18. The summed E-state index contributed by atoms with van der Waals surface area (Å²) in [6, 6.07) is 1.36. The zero-order chi connectivity index (χ0) is 11.8. The summed E-state index contributed by atoms with van der Waals surface area (Å²) in [4.78, 5) is 0. The molecule has 5 nitrogen and oxygen atoms in total. The predicted molar refractivity (Wildman–Crippen MR) is 55.8 cm³/mol. The van der Waals surface area contributed by atoms with E-state index in [4.69, 9.17) is 5.73 Å². The van der Waals surface area contributed by atoms with E-state index in [9.17, 15) is 13.2 Å². The van der Waals surface area contributed by atoms with Gasteiger partial charge in [-0.05, 0) is 6.07 Å². The standard InChI is InChI=1S/C8H6F3N5.ClH/c9-8(10,11)7-6(12)4-15-16(7)5-1-2-13-14-3-5;/h1-4H,12H2;1H. The lowest BCUT2D eigenvalue weighted by Crippen LogP contribution is -2.15. The fourth-order valence-corrected chi connectivity index (χ4v) is 1.25. The highest BCUT2D eigenvalue weighted by Crippen LogP contribution is 2.34. The molecule has 2 heterocycles. The van der Waals surface area contributed by atoms with E-state index in [-0.39, 0.29) is 18.1 Å². The Hall–Kier alpha value is -1.83. The summed E-state index contributed by atoms with van der Waals surface area (Å²) in [7, 11) is 0. The number of hydrogen-bond donors (Lipinski definition) is 1. The summed E-state index contributed by atoms with van der Waals surface area (Å²) in [6.07, 6.45) is -1.18. The van der Waals surface area contributed by atoms with Gasteiger partial charge < -0.3 is 5.73 Å². The highest BCUT2D eigenvalue weighted by molar-refractivity contribution is 5.85. The number of aromatic nitrogens is 4. The third-order valence-electron chi connectivity index (χ3n) is 1.88. The zero-order valence-electron chi connectivity index (χ0n) is 8.22. The normalized spacial score (nSPS) is 11.0. The lowest BCUT2D eigenvalue weighted by molar-refractivity contribution is -0.142. The molecular weight excluding hydrogens is 259 g/mol. The molecule has 92 valence electrons. The van der Waals surface area contributed by atoms with Crippen molar-refractivity contribution in [1.82, 2.24) is 20.0 Å². The smallest absolute Gasteiger partial charge is 0.396 e. The van der Waals surface area contributed by atoms with Gasteiger partial charge in [-0.25, -0.2) is 4.68 Å². The molecule has 2 rings (SSSR count). The van der Waals surface area contributed by atoms with Crippen LogP contribution in [0, 0.1) is 0 Å². The maximum Gasteiger partial charge on any atom is 0.435 e. The Morgan fingerprint density at radius 1 is 1.18 bits per heavy atom. The van der Waals surface area contributed by atoms with E-state index in [1.807, 2.05) is 0 Å². The molecule has 2 aromatic heterocycles. The quantitative estimate of drug-likeness (QED) is 0.852. The van der Waals surface area contributed by atoms with Crippen LogP contribution < -0.4 is 5.73 Å². The minimum atomic E-state index is -4.57. The average Bonchev–Trinajstić information content (AvgIpc) is 2.61. The second kappa shape index (κ2) is 4.58. The highest BCUT2D eigenvalue weighted by atomic mass is 35.5. The molecule has 0 spiro atoms. The van der Waals surface area contributed by atoms with Crippen molar-refractivity contribution in [2.45, 2.75) is 6.18 Å². The summed E-state index contributed by atoms with van der Waals surface area (Å²) in [5, 5.41) is 10.5. The topological polar surface area (TPSA) is 69.6 Å². The van der Waals surface area contributed by atoms with Gasteiger partial charge >= 0.3 is 6.18 Å². The molecule has 0 amide bonds. The van der Waals surface area contributed by atoms with Crippen LogP contribution in [-0.2, 0) is 6.18 Å². The number of alkyl halides is 3. The van der Waals surface area contributed by atoms with Crippen LogP contribution in [0.25, 0.3) is 5.69 Å². The van der Waals surface area contributed by atoms with Gasteiger partial charge in [0, 0.05) is 0 Å². The van der Waals surface area contributed by atoms with E-state index in [0.717, 1.165) is 6.20 Å². The molecule has 0 atom stereocenters. The molecule has 9 heteroatoms. The number of nitrogen functional groups attached to an aromatic ring is 1. The average molecular weight is 266 g/mol. The van der Waals surface area contributed by atoms with Crippen LogP contribution in [0.1, 0.15) is 5.69 Å². The molecule has 0 aromatic carbocycles. The number of rotatable bonds is 1. The second-order valence-corrected chi connectivity index (χ2v) is 2.96. The molecule has 0 bridgehead atoms. The van der Waals surface area contributed by atoms with Crippen molar-refractivity contribution in [3.63, 3.8) is 0 Å². The maximum absolute atomic E-state index is 12.7. The summed E-state index contributed by atoms with van der Waals surface area (Å²) < 4.78 is 38.6. The first-order valence-electron chi connectivity index (χ1n) is 4.18. The van der Waals surface area contributed by atoms with Crippen molar-refractivity contribution in [2.24, 2.45) is 0 Å². The van der Waals surface area contributed by atoms with Crippen LogP contribution >= 0.6 is 12.4 Å². The van der Waals surface area contributed by atoms with Gasteiger partial charge in [0.2, 0.25) is 0 Å². The second-order valence-electron chi connectivity index (χ2n) is 2.96. The minimum Gasteiger partial charge on any atom is -0.396 e. The van der Waals surface area contributed by atoms with Gasteiger partial charge in [0.25, 0.3) is 0 Å². The van der Waals surface area contributed by atoms with Crippen LogP contribution in [-0.4, -0.2) is 20.0 Å². The number of anilines is 1. The van der Waals surface area contributed by atoms with Crippen molar-refractivity contribution in [2.75, 3.05) is 5.73 Å². The van der Waals surface area contributed by atoms with E-state index < -0.39 is 17.6 Å². The van der Waals surface area contributed by atoms with Gasteiger partial charge in [-0.1, -0.05) is 0 Å². The van der Waals surface area contributed by atoms with E-state index in [1.165, 1.54) is 18.5 Å². The molecule has 0 aliphatic carbocycles. The SMILES string of the molecule is Cl.Nc1cnn(-c2ccnnc2)c1C(F)(F)F. The number of hydrogen-bond acceptors (Lipinski definition) is 4. The first-order chi connectivity index (χ1) is 7.50. The van der Waals surface area contributed by atoms with Crippen molar-refractivity contribution in [3.8, 4) is 5.69 Å². The minimum absolute atomic E-state index is 0. The van der Waals surface area contributed by atoms with Crippen molar-refractivity contribution < 1.29 is 13.2 Å². The predicted octanol–water partition coefficient (Wildman–Crippen LogP) is 1.69. The van der Waals surface area contributed by atoms with Crippen molar-refractivity contribution >= 4 is 18.1 Å². The molecule has 2 aromatic rings. The summed E-state index contributed by atoms with van der Waals surface area (Å²) >= 11 is 0. The Balaban J connectivity index is 0.00000144. The highest BCUT2D eigenvalue weighted by Gasteiger charge is 2.38. The van der Waals surface area contributed by atoms with E-state index >= 15 is 0 Å². The molecule has 0 saturated heterocycles. The number of nitrogens with two attached hydrogens (primary N) is 1. The summed E-state index contributed by atoms with van der Waals surface area (Å²) in [5.74, 6) is 0. The van der Waals surface area contributed by atoms with Crippen LogP contribution in [0.2, 0.25) is 0 Å². The van der Waals surface area contributed by atoms with Gasteiger partial charge in [0.05, 0.1) is 30.0 Å². The van der Waals surface area contributed by atoms with Gasteiger partial charge in [-0.3, -0.25) is 0 Å². The monoisotopic (exact) mass is 265 g/mol. The lowest BCUT2D eigenvalue weighted by Gasteiger charge is -2.10. The summed E-state index contributed by atoms with van der Waals surface area (Å²) in [5.41, 5.74) is 3.94. The molecule has 0 aliphatic rings. The van der Waals surface area contributed by atoms with E-state index in [0.29, 0.717) is 4.68 Å². The molecule has 0 unspecified atom stereocenters. The van der Waals surface area contributed by atoms with Crippen LogP contribution in [0.15, 0.2) is 24.7 Å². The molecular formula is C8H7ClF3N5.